The minimum Gasteiger partial charge on any atom is -0.359 e. The Bertz CT molecular complexity index is 169. The third-order valence-corrected chi connectivity index (χ3v) is 2.49. The molecule has 1 N–H and O–H groups in total. The van der Waals surface area contributed by atoms with E-state index >= 15 is 0 Å². The standard InChI is InChI=1S/C9H17NO/c1-9(2,3)7-5-6(7)8(11)10-4/h6-7H,5H2,1-4H3,(H,10,11). The third kappa shape index (κ3) is 1.73. The van der Waals surface area contributed by atoms with Crippen LogP contribution in [0.25, 0.3) is 0 Å². The van der Waals surface area contributed by atoms with Gasteiger partial charge in [-0.25, -0.2) is 0 Å². The fraction of sp³-hybridized carbons (Fsp3) is 0.889. The summed E-state index contributed by atoms with van der Waals surface area (Å²) in [4.78, 5) is 11.1. The van der Waals surface area contributed by atoms with E-state index in [4.69, 9.17) is 0 Å². The van der Waals surface area contributed by atoms with E-state index in [1.54, 1.807) is 7.05 Å². The molecule has 11 heavy (non-hydrogen) atoms. The average molecular weight is 155 g/mol. The number of rotatable bonds is 1. The van der Waals surface area contributed by atoms with Crippen molar-refractivity contribution in [2.75, 3.05) is 7.05 Å². The maximum Gasteiger partial charge on any atom is 0.223 e. The zero-order chi connectivity index (χ0) is 8.65. The molecule has 0 aromatic rings. The second-order valence-corrected chi connectivity index (χ2v) is 4.43. The lowest BCUT2D eigenvalue weighted by Crippen LogP contribution is -2.23. The summed E-state index contributed by atoms with van der Waals surface area (Å²) >= 11 is 0. The molecule has 0 aromatic carbocycles. The summed E-state index contributed by atoms with van der Waals surface area (Å²) in [5.41, 5.74) is 0.303. The predicted molar refractivity (Wildman–Crippen MR) is 45.1 cm³/mol. The summed E-state index contributed by atoms with van der Waals surface area (Å²) in [5, 5.41) is 2.69. The molecule has 1 saturated carbocycles. The van der Waals surface area contributed by atoms with E-state index in [9.17, 15) is 4.79 Å². The summed E-state index contributed by atoms with van der Waals surface area (Å²) < 4.78 is 0. The van der Waals surface area contributed by atoms with Gasteiger partial charge in [-0.05, 0) is 17.8 Å². The minimum absolute atomic E-state index is 0.213. The van der Waals surface area contributed by atoms with Crippen molar-refractivity contribution in [1.29, 1.82) is 0 Å². The smallest absolute Gasteiger partial charge is 0.223 e. The number of hydrogen-bond donors (Lipinski definition) is 1. The molecule has 2 atom stereocenters. The van der Waals surface area contributed by atoms with Crippen molar-refractivity contribution in [2.24, 2.45) is 17.3 Å². The molecule has 0 aliphatic heterocycles. The van der Waals surface area contributed by atoms with Crippen LogP contribution in [0, 0.1) is 17.3 Å². The molecule has 1 aliphatic rings. The maximum absolute atomic E-state index is 11.1. The fourth-order valence-corrected chi connectivity index (χ4v) is 1.63. The molecule has 1 aliphatic carbocycles. The SMILES string of the molecule is CNC(=O)C1CC1C(C)(C)C. The summed E-state index contributed by atoms with van der Waals surface area (Å²) in [6.07, 6.45) is 1.07. The largest absolute Gasteiger partial charge is 0.359 e. The van der Waals surface area contributed by atoms with Crippen molar-refractivity contribution in [3.63, 3.8) is 0 Å². The maximum atomic E-state index is 11.1. The molecule has 2 unspecified atom stereocenters. The molecule has 0 saturated heterocycles. The molecular formula is C9H17NO. The van der Waals surface area contributed by atoms with Crippen molar-refractivity contribution >= 4 is 5.91 Å². The van der Waals surface area contributed by atoms with Gasteiger partial charge >= 0.3 is 0 Å². The van der Waals surface area contributed by atoms with Crippen LogP contribution in [0.15, 0.2) is 0 Å². The van der Waals surface area contributed by atoms with Crippen LogP contribution in [0.2, 0.25) is 0 Å². The Morgan fingerprint density at radius 3 is 2.27 bits per heavy atom. The van der Waals surface area contributed by atoms with Crippen LogP contribution >= 0.6 is 0 Å². The van der Waals surface area contributed by atoms with Gasteiger partial charge in [0, 0.05) is 13.0 Å². The van der Waals surface area contributed by atoms with Gasteiger partial charge in [0.05, 0.1) is 0 Å². The van der Waals surface area contributed by atoms with Gasteiger partial charge < -0.3 is 5.32 Å². The zero-order valence-corrected chi connectivity index (χ0v) is 7.77. The highest BCUT2D eigenvalue weighted by molar-refractivity contribution is 5.81. The van der Waals surface area contributed by atoms with Crippen molar-refractivity contribution in [1.82, 2.24) is 5.32 Å². The Morgan fingerprint density at radius 1 is 1.45 bits per heavy atom. The van der Waals surface area contributed by atoms with Gasteiger partial charge in [0.25, 0.3) is 0 Å². The van der Waals surface area contributed by atoms with E-state index in [1.807, 2.05) is 0 Å². The van der Waals surface area contributed by atoms with Crippen LogP contribution in [-0.4, -0.2) is 13.0 Å². The second-order valence-electron chi connectivity index (χ2n) is 4.43. The molecule has 2 heteroatoms. The number of nitrogens with one attached hydrogen (secondary N) is 1. The van der Waals surface area contributed by atoms with Gasteiger partial charge in [-0.3, -0.25) is 4.79 Å². The summed E-state index contributed by atoms with van der Waals surface area (Å²) in [6, 6.07) is 0. The van der Waals surface area contributed by atoms with Gasteiger partial charge in [0.15, 0.2) is 0 Å². The lowest BCUT2D eigenvalue weighted by atomic mass is 9.89. The summed E-state index contributed by atoms with van der Waals surface area (Å²) in [7, 11) is 1.71. The van der Waals surface area contributed by atoms with E-state index in [0.717, 1.165) is 6.42 Å². The lowest BCUT2D eigenvalue weighted by molar-refractivity contribution is -0.122. The Morgan fingerprint density at radius 2 is 2.00 bits per heavy atom. The first kappa shape index (κ1) is 8.57. The molecule has 1 fully saturated rings. The molecular weight excluding hydrogens is 138 g/mol. The van der Waals surface area contributed by atoms with E-state index in [-0.39, 0.29) is 5.91 Å². The Labute approximate surface area is 68.4 Å². The first-order chi connectivity index (χ1) is 4.96. The average Bonchev–Trinajstić information content (AvgIpc) is 2.62. The van der Waals surface area contributed by atoms with Gasteiger partial charge in [-0.2, -0.15) is 0 Å². The van der Waals surface area contributed by atoms with Gasteiger partial charge in [-0.1, -0.05) is 20.8 Å². The molecule has 64 valence electrons. The quantitative estimate of drug-likeness (QED) is 0.609. The normalized spacial score (nSPS) is 29.8. The van der Waals surface area contributed by atoms with Crippen molar-refractivity contribution < 1.29 is 4.79 Å². The Kier molecular flexibility index (Phi) is 1.95. The van der Waals surface area contributed by atoms with Crippen molar-refractivity contribution in [3.8, 4) is 0 Å². The van der Waals surface area contributed by atoms with Crippen LogP contribution in [0.1, 0.15) is 27.2 Å². The fourth-order valence-electron chi connectivity index (χ4n) is 1.63. The molecule has 0 spiro atoms. The molecule has 0 radical (unpaired) electrons. The Balaban J connectivity index is 2.44. The van der Waals surface area contributed by atoms with Crippen LogP contribution < -0.4 is 5.32 Å². The number of amides is 1. The molecule has 2 nitrogen and oxygen atoms in total. The van der Waals surface area contributed by atoms with E-state index in [0.29, 0.717) is 17.3 Å². The third-order valence-electron chi connectivity index (χ3n) is 2.49. The number of carbonyl (C=O) groups is 1. The lowest BCUT2D eigenvalue weighted by Gasteiger charge is -2.17. The highest BCUT2D eigenvalue weighted by Gasteiger charge is 2.48. The second kappa shape index (κ2) is 2.50. The van der Waals surface area contributed by atoms with E-state index < -0.39 is 0 Å². The Hall–Kier alpha value is -0.530. The molecule has 0 bridgehead atoms. The summed E-state index contributed by atoms with van der Waals surface area (Å²) in [6.45, 7) is 6.59. The summed E-state index contributed by atoms with van der Waals surface area (Å²) in [5.74, 6) is 1.10. The molecule has 1 rings (SSSR count). The number of carbonyl (C=O) groups excluding carboxylic acids is 1. The highest BCUT2D eigenvalue weighted by Crippen LogP contribution is 2.50. The van der Waals surface area contributed by atoms with Crippen molar-refractivity contribution in [3.05, 3.63) is 0 Å². The van der Waals surface area contributed by atoms with Gasteiger partial charge in [0.2, 0.25) is 5.91 Å². The first-order valence-electron chi connectivity index (χ1n) is 4.18. The van der Waals surface area contributed by atoms with Crippen LogP contribution in [-0.2, 0) is 4.79 Å². The van der Waals surface area contributed by atoms with Gasteiger partial charge in [-0.15, -0.1) is 0 Å². The molecule has 1 amide bonds. The first-order valence-corrected chi connectivity index (χ1v) is 4.18. The van der Waals surface area contributed by atoms with E-state index in [2.05, 4.69) is 26.1 Å². The zero-order valence-electron chi connectivity index (χ0n) is 7.77. The minimum atomic E-state index is 0.213. The molecule has 0 heterocycles. The van der Waals surface area contributed by atoms with Crippen molar-refractivity contribution in [2.45, 2.75) is 27.2 Å². The monoisotopic (exact) mass is 155 g/mol. The number of hydrogen-bond acceptors (Lipinski definition) is 1. The topological polar surface area (TPSA) is 29.1 Å². The van der Waals surface area contributed by atoms with E-state index in [1.165, 1.54) is 0 Å². The van der Waals surface area contributed by atoms with Crippen LogP contribution in [0.3, 0.4) is 0 Å². The molecule has 0 aromatic heterocycles. The van der Waals surface area contributed by atoms with Crippen LogP contribution in [0.5, 0.6) is 0 Å². The van der Waals surface area contributed by atoms with Crippen LogP contribution in [0.4, 0.5) is 0 Å². The highest BCUT2D eigenvalue weighted by atomic mass is 16.1. The van der Waals surface area contributed by atoms with Gasteiger partial charge in [0.1, 0.15) is 0 Å². The predicted octanol–water partition coefficient (Wildman–Crippen LogP) is 1.41.